The van der Waals surface area contributed by atoms with Crippen molar-refractivity contribution in [1.82, 2.24) is 20.3 Å². The highest BCUT2D eigenvalue weighted by Crippen LogP contribution is 2.11. The maximum atomic E-state index is 11.8. The van der Waals surface area contributed by atoms with Crippen molar-refractivity contribution in [3.63, 3.8) is 0 Å². The molecule has 0 saturated heterocycles. The number of carbonyl (C=O) groups excluding carboxylic acids is 1. The molecule has 1 aromatic rings. The van der Waals surface area contributed by atoms with E-state index in [1.807, 2.05) is 41.8 Å². The van der Waals surface area contributed by atoms with Crippen molar-refractivity contribution in [2.45, 2.75) is 33.2 Å². The molecule has 1 rings (SSSR count). The van der Waals surface area contributed by atoms with Gasteiger partial charge in [0.2, 0.25) is 23.8 Å². The highest BCUT2D eigenvalue weighted by atomic mass is 16.2. The number of carbonyl (C=O) groups is 1. The van der Waals surface area contributed by atoms with Crippen molar-refractivity contribution < 1.29 is 4.79 Å². The molecule has 1 heterocycles. The number of nitrogens with one attached hydrogen (secondary N) is 3. The number of nitrogens with zero attached hydrogens (tertiary/aromatic N) is 4. The predicted molar refractivity (Wildman–Crippen MR) is 84.7 cm³/mol. The molecule has 8 nitrogen and oxygen atoms in total. The largest absolute Gasteiger partial charge is 0.354 e. The lowest BCUT2D eigenvalue weighted by atomic mass is 10.1. The van der Waals surface area contributed by atoms with Crippen LogP contribution >= 0.6 is 0 Å². The number of hydrogen-bond acceptors (Lipinski definition) is 7. The molecule has 1 amide bonds. The summed E-state index contributed by atoms with van der Waals surface area (Å²) >= 11 is 0. The summed E-state index contributed by atoms with van der Waals surface area (Å²) in [5.41, 5.74) is -0.262. The second kappa shape index (κ2) is 7.05. The van der Waals surface area contributed by atoms with Crippen molar-refractivity contribution in [3.8, 4) is 0 Å². The molecule has 1 aromatic heterocycles. The summed E-state index contributed by atoms with van der Waals surface area (Å²) < 4.78 is 0. The SMILES string of the molecule is CCNc1nc(NCC(=O)NC(C)(C)C)nc(N(C)C)n1. The molecule has 0 aliphatic carbocycles. The standard InChI is InChI=1S/C13H25N7O/c1-7-14-10-16-11(18-12(17-10)20(5)6)15-8-9(21)19-13(2,3)4/h7-8H2,1-6H3,(H,19,21)(H2,14,15,16,17,18). The van der Waals surface area contributed by atoms with Gasteiger partial charge in [-0.3, -0.25) is 4.79 Å². The number of amides is 1. The third kappa shape index (κ3) is 6.24. The van der Waals surface area contributed by atoms with Gasteiger partial charge in [-0.05, 0) is 27.7 Å². The van der Waals surface area contributed by atoms with Crippen molar-refractivity contribution >= 4 is 23.8 Å². The molecule has 118 valence electrons. The molecule has 0 saturated carbocycles. The number of hydrogen-bond donors (Lipinski definition) is 3. The van der Waals surface area contributed by atoms with Gasteiger partial charge in [0.1, 0.15) is 0 Å². The fourth-order valence-corrected chi connectivity index (χ4v) is 1.50. The van der Waals surface area contributed by atoms with Crippen molar-refractivity contribution in [1.29, 1.82) is 0 Å². The lowest BCUT2D eigenvalue weighted by Gasteiger charge is -2.20. The van der Waals surface area contributed by atoms with Crippen LogP contribution < -0.4 is 20.9 Å². The fraction of sp³-hybridized carbons (Fsp3) is 0.692. The quantitative estimate of drug-likeness (QED) is 0.711. The summed E-state index contributed by atoms with van der Waals surface area (Å²) in [5.74, 6) is 1.27. The maximum absolute atomic E-state index is 11.8. The Morgan fingerprint density at radius 1 is 1.10 bits per heavy atom. The van der Waals surface area contributed by atoms with Crippen LogP contribution in [0.4, 0.5) is 17.8 Å². The summed E-state index contributed by atoms with van der Waals surface area (Å²) in [6.07, 6.45) is 0. The van der Waals surface area contributed by atoms with Gasteiger partial charge in [-0.15, -0.1) is 0 Å². The van der Waals surface area contributed by atoms with Gasteiger partial charge in [0.25, 0.3) is 0 Å². The minimum Gasteiger partial charge on any atom is -0.354 e. The first-order valence-electron chi connectivity index (χ1n) is 6.93. The van der Waals surface area contributed by atoms with Gasteiger partial charge in [-0.2, -0.15) is 15.0 Å². The molecular formula is C13H25N7O. The number of aromatic nitrogens is 3. The van der Waals surface area contributed by atoms with E-state index in [2.05, 4.69) is 30.9 Å². The third-order valence-electron chi connectivity index (χ3n) is 2.28. The topological polar surface area (TPSA) is 95.1 Å². The highest BCUT2D eigenvalue weighted by molar-refractivity contribution is 5.80. The van der Waals surface area contributed by atoms with E-state index < -0.39 is 0 Å². The molecule has 0 spiro atoms. The molecule has 0 radical (unpaired) electrons. The number of rotatable bonds is 6. The van der Waals surface area contributed by atoms with E-state index >= 15 is 0 Å². The van der Waals surface area contributed by atoms with Crippen LogP contribution in [0, 0.1) is 0 Å². The summed E-state index contributed by atoms with van der Waals surface area (Å²) in [7, 11) is 3.70. The Balaban J connectivity index is 2.75. The summed E-state index contributed by atoms with van der Waals surface area (Å²) in [6, 6.07) is 0. The van der Waals surface area contributed by atoms with Crippen LogP contribution in [-0.4, -0.2) is 53.6 Å². The molecule has 8 heteroatoms. The van der Waals surface area contributed by atoms with Gasteiger partial charge in [0.15, 0.2) is 0 Å². The lowest BCUT2D eigenvalue weighted by Crippen LogP contribution is -2.43. The molecule has 0 fully saturated rings. The van der Waals surface area contributed by atoms with Gasteiger partial charge in [-0.25, -0.2) is 0 Å². The molecule has 0 aromatic carbocycles. The van der Waals surface area contributed by atoms with Gasteiger partial charge in [-0.1, -0.05) is 0 Å². The van der Waals surface area contributed by atoms with E-state index in [1.165, 1.54) is 0 Å². The van der Waals surface area contributed by atoms with Crippen LogP contribution in [0.2, 0.25) is 0 Å². The molecule has 0 unspecified atom stereocenters. The molecule has 0 aliphatic rings. The van der Waals surface area contributed by atoms with Gasteiger partial charge < -0.3 is 20.9 Å². The monoisotopic (exact) mass is 295 g/mol. The van der Waals surface area contributed by atoms with Crippen LogP contribution in [0.3, 0.4) is 0 Å². The Bertz CT molecular complexity index is 482. The molecule has 21 heavy (non-hydrogen) atoms. The van der Waals surface area contributed by atoms with Gasteiger partial charge in [0, 0.05) is 26.2 Å². The van der Waals surface area contributed by atoms with E-state index in [9.17, 15) is 4.79 Å². The summed E-state index contributed by atoms with van der Waals surface area (Å²) in [6.45, 7) is 8.58. The third-order valence-corrected chi connectivity index (χ3v) is 2.28. The Labute approximate surface area is 125 Å². The van der Waals surface area contributed by atoms with Gasteiger partial charge >= 0.3 is 0 Å². The molecule has 0 bridgehead atoms. The van der Waals surface area contributed by atoms with E-state index in [4.69, 9.17) is 0 Å². The zero-order valence-corrected chi connectivity index (χ0v) is 13.6. The Morgan fingerprint density at radius 3 is 2.14 bits per heavy atom. The Kier molecular flexibility index (Phi) is 5.69. The highest BCUT2D eigenvalue weighted by Gasteiger charge is 2.14. The zero-order chi connectivity index (χ0) is 16.0. The van der Waals surface area contributed by atoms with E-state index in [1.54, 1.807) is 4.90 Å². The smallest absolute Gasteiger partial charge is 0.239 e. The van der Waals surface area contributed by atoms with E-state index in [-0.39, 0.29) is 18.0 Å². The van der Waals surface area contributed by atoms with E-state index in [0.717, 1.165) is 0 Å². The Hall–Kier alpha value is -2.12. The molecular weight excluding hydrogens is 270 g/mol. The normalized spacial score (nSPS) is 11.0. The maximum Gasteiger partial charge on any atom is 0.239 e. The van der Waals surface area contributed by atoms with Crippen LogP contribution in [0.15, 0.2) is 0 Å². The summed E-state index contributed by atoms with van der Waals surface area (Å²) in [5, 5.41) is 8.83. The van der Waals surface area contributed by atoms with Crippen LogP contribution in [-0.2, 0) is 4.79 Å². The lowest BCUT2D eigenvalue weighted by molar-refractivity contribution is -0.120. The first-order chi connectivity index (χ1) is 9.71. The Morgan fingerprint density at radius 2 is 1.67 bits per heavy atom. The first-order valence-corrected chi connectivity index (χ1v) is 6.93. The first kappa shape index (κ1) is 16.9. The summed E-state index contributed by atoms with van der Waals surface area (Å²) in [4.78, 5) is 26.3. The molecule has 0 atom stereocenters. The second-order valence-electron chi connectivity index (χ2n) is 5.86. The van der Waals surface area contributed by atoms with Crippen LogP contribution in [0.1, 0.15) is 27.7 Å². The van der Waals surface area contributed by atoms with Crippen molar-refractivity contribution in [2.24, 2.45) is 0 Å². The average molecular weight is 295 g/mol. The predicted octanol–water partition coefficient (Wildman–Crippen LogP) is 0.696. The van der Waals surface area contributed by atoms with Crippen LogP contribution in [0.5, 0.6) is 0 Å². The van der Waals surface area contributed by atoms with Crippen molar-refractivity contribution in [2.75, 3.05) is 42.7 Å². The van der Waals surface area contributed by atoms with Gasteiger partial charge in [0.05, 0.1) is 6.54 Å². The average Bonchev–Trinajstić information content (AvgIpc) is 2.34. The van der Waals surface area contributed by atoms with Crippen molar-refractivity contribution in [3.05, 3.63) is 0 Å². The molecule has 0 aliphatic heterocycles. The fourth-order valence-electron chi connectivity index (χ4n) is 1.50. The minimum absolute atomic E-state index is 0.111. The minimum atomic E-state index is -0.262. The number of anilines is 3. The second-order valence-corrected chi connectivity index (χ2v) is 5.86. The molecule has 3 N–H and O–H groups in total. The zero-order valence-electron chi connectivity index (χ0n) is 13.6. The van der Waals surface area contributed by atoms with Crippen LogP contribution in [0.25, 0.3) is 0 Å². The van der Waals surface area contributed by atoms with E-state index in [0.29, 0.717) is 24.4 Å².